The van der Waals surface area contributed by atoms with Crippen LogP contribution < -0.4 is 11.1 Å². The fourth-order valence-electron chi connectivity index (χ4n) is 1.39. The average Bonchev–Trinajstić information content (AvgIpc) is 2.95. The molecule has 1 unspecified atom stereocenters. The summed E-state index contributed by atoms with van der Waals surface area (Å²) in [6.07, 6.45) is 1.85. The molecule has 1 amide bonds. The molecule has 1 aliphatic rings. The highest BCUT2D eigenvalue weighted by molar-refractivity contribution is 5.85. The third-order valence-corrected chi connectivity index (χ3v) is 2.68. The van der Waals surface area contributed by atoms with E-state index in [2.05, 4.69) is 5.32 Å². The molecular weight excluding hydrogens is 180 g/mol. The van der Waals surface area contributed by atoms with E-state index in [0.29, 0.717) is 19.8 Å². The Labute approximate surface area is 85.2 Å². The van der Waals surface area contributed by atoms with Crippen molar-refractivity contribution in [2.75, 3.05) is 19.8 Å². The van der Waals surface area contributed by atoms with Gasteiger partial charge in [-0.25, -0.2) is 0 Å². The zero-order valence-corrected chi connectivity index (χ0v) is 9.01. The Morgan fingerprint density at radius 1 is 1.64 bits per heavy atom. The number of ether oxygens (including phenoxy) is 1. The molecule has 3 N–H and O–H groups in total. The highest BCUT2D eigenvalue weighted by Crippen LogP contribution is 2.44. The smallest absolute Gasteiger partial charge is 0.227 e. The van der Waals surface area contributed by atoms with Crippen LogP contribution in [0.15, 0.2) is 0 Å². The van der Waals surface area contributed by atoms with Crippen LogP contribution in [0.4, 0.5) is 0 Å². The fraction of sp³-hybridized carbons (Fsp3) is 0.900. The molecule has 1 rings (SSSR count). The predicted octanol–water partition coefficient (Wildman–Crippen LogP) is 0.267. The van der Waals surface area contributed by atoms with E-state index in [1.807, 2.05) is 13.8 Å². The third kappa shape index (κ3) is 2.69. The zero-order valence-electron chi connectivity index (χ0n) is 9.01. The topological polar surface area (TPSA) is 64.3 Å². The first kappa shape index (κ1) is 11.5. The van der Waals surface area contributed by atoms with Crippen molar-refractivity contribution >= 4 is 5.91 Å². The van der Waals surface area contributed by atoms with Crippen LogP contribution in [0.1, 0.15) is 26.7 Å². The maximum atomic E-state index is 11.7. The Hall–Kier alpha value is -0.610. The summed E-state index contributed by atoms with van der Waals surface area (Å²) in [5.74, 6) is 0.0900. The second-order valence-electron chi connectivity index (χ2n) is 4.02. The summed E-state index contributed by atoms with van der Waals surface area (Å²) < 4.78 is 5.22. The van der Waals surface area contributed by atoms with Crippen molar-refractivity contribution in [2.24, 2.45) is 11.1 Å². The van der Waals surface area contributed by atoms with E-state index in [0.717, 1.165) is 12.8 Å². The van der Waals surface area contributed by atoms with E-state index in [9.17, 15) is 4.79 Å². The van der Waals surface area contributed by atoms with Crippen LogP contribution in [-0.2, 0) is 9.53 Å². The molecule has 1 saturated carbocycles. The first-order valence-corrected chi connectivity index (χ1v) is 5.23. The van der Waals surface area contributed by atoms with Gasteiger partial charge in [-0.1, -0.05) is 0 Å². The fourth-order valence-corrected chi connectivity index (χ4v) is 1.39. The Bertz CT molecular complexity index is 202. The highest BCUT2D eigenvalue weighted by atomic mass is 16.5. The molecule has 0 spiro atoms. The normalized spacial score (nSPS) is 20.2. The Morgan fingerprint density at radius 3 is 2.71 bits per heavy atom. The molecule has 0 heterocycles. The van der Waals surface area contributed by atoms with Crippen molar-refractivity contribution in [1.29, 1.82) is 0 Å². The lowest BCUT2D eigenvalue weighted by Gasteiger charge is -2.18. The molecule has 0 aromatic carbocycles. The van der Waals surface area contributed by atoms with Gasteiger partial charge in [-0.2, -0.15) is 0 Å². The summed E-state index contributed by atoms with van der Waals surface area (Å²) in [5.41, 5.74) is 5.30. The molecule has 82 valence electrons. The Balaban J connectivity index is 2.26. The predicted molar refractivity (Wildman–Crippen MR) is 54.8 cm³/mol. The van der Waals surface area contributed by atoms with Gasteiger partial charge in [0.2, 0.25) is 5.91 Å². The average molecular weight is 200 g/mol. The first-order chi connectivity index (χ1) is 6.64. The standard InChI is InChI=1S/C10H20N2O2/c1-3-14-6-8(2)12-9(13)10(7-11)4-5-10/h8H,3-7,11H2,1-2H3,(H,12,13). The van der Waals surface area contributed by atoms with Crippen molar-refractivity contribution in [3.63, 3.8) is 0 Å². The van der Waals surface area contributed by atoms with Crippen LogP contribution in [0.3, 0.4) is 0 Å². The lowest BCUT2D eigenvalue weighted by atomic mass is 10.1. The van der Waals surface area contributed by atoms with Crippen molar-refractivity contribution in [2.45, 2.75) is 32.7 Å². The quantitative estimate of drug-likeness (QED) is 0.646. The first-order valence-electron chi connectivity index (χ1n) is 5.23. The zero-order chi connectivity index (χ0) is 10.6. The number of rotatable bonds is 6. The number of amides is 1. The summed E-state index contributed by atoms with van der Waals surface area (Å²) in [4.78, 5) is 11.7. The number of carbonyl (C=O) groups is 1. The van der Waals surface area contributed by atoms with E-state index in [4.69, 9.17) is 10.5 Å². The maximum Gasteiger partial charge on any atom is 0.227 e. The van der Waals surface area contributed by atoms with Gasteiger partial charge in [0, 0.05) is 19.2 Å². The van der Waals surface area contributed by atoms with E-state index < -0.39 is 0 Å². The SMILES string of the molecule is CCOCC(C)NC(=O)C1(CN)CC1. The summed E-state index contributed by atoms with van der Waals surface area (Å²) in [6.45, 7) is 5.60. The summed E-state index contributed by atoms with van der Waals surface area (Å²) in [6, 6.07) is 0.0754. The van der Waals surface area contributed by atoms with E-state index in [1.165, 1.54) is 0 Å². The van der Waals surface area contributed by atoms with Gasteiger partial charge >= 0.3 is 0 Å². The van der Waals surface area contributed by atoms with Crippen LogP contribution in [0.2, 0.25) is 0 Å². The minimum absolute atomic E-state index is 0.0754. The molecule has 0 aromatic rings. The Kier molecular flexibility index (Phi) is 3.89. The number of carbonyl (C=O) groups excluding carboxylic acids is 1. The summed E-state index contributed by atoms with van der Waals surface area (Å²) in [7, 11) is 0. The maximum absolute atomic E-state index is 11.7. The van der Waals surface area contributed by atoms with Crippen LogP contribution in [0, 0.1) is 5.41 Å². The number of hydrogen-bond donors (Lipinski definition) is 2. The molecule has 14 heavy (non-hydrogen) atoms. The molecule has 4 nitrogen and oxygen atoms in total. The molecule has 1 aliphatic carbocycles. The molecule has 0 bridgehead atoms. The van der Waals surface area contributed by atoms with Crippen LogP contribution >= 0.6 is 0 Å². The molecule has 1 atom stereocenters. The number of nitrogens with two attached hydrogens (primary N) is 1. The van der Waals surface area contributed by atoms with E-state index >= 15 is 0 Å². The number of nitrogens with one attached hydrogen (secondary N) is 1. The summed E-state index contributed by atoms with van der Waals surface area (Å²) >= 11 is 0. The van der Waals surface area contributed by atoms with Crippen molar-refractivity contribution in [3.8, 4) is 0 Å². The molecule has 0 aliphatic heterocycles. The Morgan fingerprint density at radius 2 is 2.29 bits per heavy atom. The third-order valence-electron chi connectivity index (χ3n) is 2.68. The number of hydrogen-bond acceptors (Lipinski definition) is 3. The van der Waals surface area contributed by atoms with Crippen LogP contribution in [0.5, 0.6) is 0 Å². The van der Waals surface area contributed by atoms with Gasteiger partial charge < -0.3 is 15.8 Å². The molecule has 0 saturated heterocycles. The monoisotopic (exact) mass is 200 g/mol. The van der Waals surface area contributed by atoms with Crippen molar-refractivity contribution in [3.05, 3.63) is 0 Å². The second-order valence-corrected chi connectivity index (χ2v) is 4.02. The van der Waals surface area contributed by atoms with Gasteiger partial charge in [-0.05, 0) is 26.7 Å². The minimum atomic E-state index is -0.250. The molecular formula is C10H20N2O2. The van der Waals surface area contributed by atoms with Crippen LogP contribution in [-0.4, -0.2) is 31.7 Å². The van der Waals surface area contributed by atoms with Gasteiger partial charge in [0.05, 0.1) is 12.0 Å². The molecule has 1 fully saturated rings. The van der Waals surface area contributed by atoms with Gasteiger partial charge in [-0.3, -0.25) is 4.79 Å². The minimum Gasteiger partial charge on any atom is -0.380 e. The van der Waals surface area contributed by atoms with Gasteiger partial charge in [0.25, 0.3) is 0 Å². The highest BCUT2D eigenvalue weighted by Gasteiger charge is 2.48. The van der Waals surface area contributed by atoms with Gasteiger partial charge in [0.1, 0.15) is 0 Å². The van der Waals surface area contributed by atoms with E-state index in [-0.39, 0.29) is 17.4 Å². The molecule has 4 heteroatoms. The second kappa shape index (κ2) is 4.75. The largest absolute Gasteiger partial charge is 0.380 e. The lowest BCUT2D eigenvalue weighted by molar-refractivity contribution is -0.127. The van der Waals surface area contributed by atoms with Crippen molar-refractivity contribution in [1.82, 2.24) is 5.32 Å². The summed E-state index contributed by atoms with van der Waals surface area (Å²) in [5, 5.41) is 2.92. The molecule has 0 aromatic heterocycles. The van der Waals surface area contributed by atoms with E-state index in [1.54, 1.807) is 0 Å². The van der Waals surface area contributed by atoms with Gasteiger partial charge in [-0.15, -0.1) is 0 Å². The molecule has 0 radical (unpaired) electrons. The van der Waals surface area contributed by atoms with Crippen LogP contribution in [0.25, 0.3) is 0 Å². The van der Waals surface area contributed by atoms with Crippen molar-refractivity contribution < 1.29 is 9.53 Å². The van der Waals surface area contributed by atoms with Gasteiger partial charge in [0.15, 0.2) is 0 Å². The lowest BCUT2D eigenvalue weighted by Crippen LogP contribution is -2.43.